The fourth-order valence-electron chi connectivity index (χ4n) is 1.66. The third-order valence-electron chi connectivity index (χ3n) is 2.67. The van der Waals surface area contributed by atoms with Crippen molar-refractivity contribution >= 4 is 5.91 Å². The first kappa shape index (κ1) is 15.5. The number of amides is 1. The summed E-state index contributed by atoms with van der Waals surface area (Å²) in [5, 5.41) is 3.27. The summed E-state index contributed by atoms with van der Waals surface area (Å²) in [6.07, 6.45) is 0.677. The first-order chi connectivity index (χ1) is 9.00. The molecule has 0 heterocycles. The number of para-hydroxylation sites is 1. The van der Waals surface area contributed by atoms with Gasteiger partial charge in [0.25, 0.3) is 0 Å². The van der Waals surface area contributed by atoms with E-state index in [1.54, 1.807) is 19.0 Å². The van der Waals surface area contributed by atoms with Gasteiger partial charge in [0.15, 0.2) is 0 Å². The Morgan fingerprint density at radius 2 is 2.00 bits per heavy atom. The molecule has 1 rings (SSSR count). The smallest absolute Gasteiger partial charge is 0.223 e. The van der Waals surface area contributed by atoms with E-state index in [9.17, 15) is 4.79 Å². The molecule has 0 fully saturated rings. The molecule has 1 amide bonds. The second kappa shape index (κ2) is 7.79. The summed E-state index contributed by atoms with van der Waals surface area (Å²) in [6.45, 7) is 5.41. The van der Waals surface area contributed by atoms with Crippen molar-refractivity contribution in [2.45, 2.75) is 32.9 Å². The molecule has 1 N–H and O–H groups in total. The van der Waals surface area contributed by atoms with Crippen LogP contribution >= 0.6 is 0 Å². The summed E-state index contributed by atoms with van der Waals surface area (Å²) in [7, 11) is 3.54. The predicted molar refractivity (Wildman–Crippen MR) is 77.2 cm³/mol. The molecule has 19 heavy (non-hydrogen) atoms. The van der Waals surface area contributed by atoms with Crippen LogP contribution in [0.15, 0.2) is 24.3 Å². The van der Waals surface area contributed by atoms with E-state index in [4.69, 9.17) is 4.74 Å². The Bertz CT molecular complexity index is 403. The average molecular weight is 264 g/mol. The molecule has 4 heteroatoms. The zero-order chi connectivity index (χ0) is 14.3. The number of benzene rings is 1. The molecule has 106 valence electrons. The first-order valence-corrected chi connectivity index (χ1v) is 6.66. The van der Waals surface area contributed by atoms with Crippen LogP contribution in [0.2, 0.25) is 0 Å². The van der Waals surface area contributed by atoms with Gasteiger partial charge in [-0.15, -0.1) is 0 Å². The van der Waals surface area contributed by atoms with Crippen molar-refractivity contribution in [1.82, 2.24) is 10.2 Å². The van der Waals surface area contributed by atoms with Crippen molar-refractivity contribution in [3.05, 3.63) is 29.8 Å². The van der Waals surface area contributed by atoms with Crippen LogP contribution in [0.5, 0.6) is 5.75 Å². The van der Waals surface area contributed by atoms with Gasteiger partial charge in [-0.1, -0.05) is 18.2 Å². The second-order valence-corrected chi connectivity index (χ2v) is 4.99. The largest absolute Gasteiger partial charge is 0.491 e. The summed E-state index contributed by atoms with van der Waals surface area (Å²) in [5.41, 5.74) is 1.12. The van der Waals surface area contributed by atoms with Gasteiger partial charge in [0.2, 0.25) is 5.91 Å². The van der Waals surface area contributed by atoms with E-state index in [2.05, 4.69) is 5.32 Å². The monoisotopic (exact) mass is 264 g/mol. The van der Waals surface area contributed by atoms with Crippen LogP contribution < -0.4 is 10.1 Å². The van der Waals surface area contributed by atoms with Gasteiger partial charge in [-0.05, 0) is 19.9 Å². The SMILES string of the molecule is CC(C)Oc1ccccc1CNCCC(=O)N(C)C. The second-order valence-electron chi connectivity index (χ2n) is 4.99. The van der Waals surface area contributed by atoms with Gasteiger partial charge in [-0.3, -0.25) is 4.79 Å². The number of carbonyl (C=O) groups excluding carboxylic acids is 1. The molecule has 0 atom stereocenters. The Hall–Kier alpha value is -1.55. The Morgan fingerprint density at radius 1 is 1.32 bits per heavy atom. The van der Waals surface area contributed by atoms with Crippen molar-refractivity contribution in [2.24, 2.45) is 0 Å². The summed E-state index contributed by atoms with van der Waals surface area (Å²) in [5.74, 6) is 1.04. The lowest BCUT2D eigenvalue weighted by atomic mass is 10.2. The van der Waals surface area contributed by atoms with Crippen LogP contribution in [0.4, 0.5) is 0 Å². The van der Waals surface area contributed by atoms with Gasteiger partial charge in [0, 0.05) is 39.2 Å². The van der Waals surface area contributed by atoms with Gasteiger partial charge in [0.1, 0.15) is 5.75 Å². The zero-order valence-electron chi connectivity index (χ0n) is 12.3. The molecule has 0 radical (unpaired) electrons. The minimum atomic E-state index is 0.138. The van der Waals surface area contributed by atoms with Crippen molar-refractivity contribution in [2.75, 3.05) is 20.6 Å². The summed E-state index contributed by atoms with van der Waals surface area (Å²) in [6, 6.07) is 7.98. The molecule has 4 nitrogen and oxygen atoms in total. The van der Waals surface area contributed by atoms with Crippen molar-refractivity contribution in [1.29, 1.82) is 0 Å². The lowest BCUT2D eigenvalue weighted by molar-refractivity contribution is -0.128. The third-order valence-corrected chi connectivity index (χ3v) is 2.67. The molecular formula is C15H24N2O2. The number of ether oxygens (including phenoxy) is 1. The lowest BCUT2D eigenvalue weighted by Gasteiger charge is -2.15. The summed E-state index contributed by atoms with van der Waals surface area (Å²) in [4.78, 5) is 13.0. The van der Waals surface area contributed by atoms with Gasteiger partial charge < -0.3 is 15.0 Å². The topological polar surface area (TPSA) is 41.6 Å². The predicted octanol–water partition coefficient (Wildman–Crippen LogP) is 2.04. The van der Waals surface area contributed by atoms with Crippen LogP contribution in [-0.4, -0.2) is 37.6 Å². The van der Waals surface area contributed by atoms with Crippen LogP contribution in [0, 0.1) is 0 Å². The van der Waals surface area contributed by atoms with Gasteiger partial charge in [-0.2, -0.15) is 0 Å². The number of nitrogens with one attached hydrogen (secondary N) is 1. The third kappa shape index (κ3) is 5.75. The summed E-state index contributed by atoms with van der Waals surface area (Å²) >= 11 is 0. The number of hydrogen-bond acceptors (Lipinski definition) is 3. The minimum Gasteiger partial charge on any atom is -0.491 e. The van der Waals surface area contributed by atoms with Crippen molar-refractivity contribution < 1.29 is 9.53 Å². The van der Waals surface area contributed by atoms with Crippen molar-refractivity contribution in [3.8, 4) is 5.75 Å². The number of carbonyl (C=O) groups is 1. The Balaban J connectivity index is 2.42. The minimum absolute atomic E-state index is 0.138. The highest BCUT2D eigenvalue weighted by molar-refractivity contribution is 5.75. The van der Waals surface area contributed by atoms with Gasteiger partial charge in [-0.25, -0.2) is 0 Å². The maximum absolute atomic E-state index is 11.4. The fourth-order valence-corrected chi connectivity index (χ4v) is 1.66. The van der Waals surface area contributed by atoms with Crippen LogP contribution in [0.25, 0.3) is 0 Å². The molecule has 0 aliphatic carbocycles. The Morgan fingerprint density at radius 3 is 2.63 bits per heavy atom. The molecule has 1 aromatic carbocycles. The maximum atomic E-state index is 11.4. The standard InChI is InChI=1S/C15H24N2O2/c1-12(2)19-14-8-6-5-7-13(14)11-16-10-9-15(18)17(3)4/h5-8,12,16H,9-11H2,1-4H3. The van der Waals surface area contributed by atoms with Gasteiger partial charge >= 0.3 is 0 Å². The van der Waals surface area contributed by atoms with E-state index in [0.717, 1.165) is 11.3 Å². The molecule has 1 aromatic rings. The lowest BCUT2D eigenvalue weighted by Crippen LogP contribution is -2.26. The first-order valence-electron chi connectivity index (χ1n) is 6.66. The molecule has 0 bridgehead atoms. The molecule has 0 aromatic heterocycles. The normalized spacial score (nSPS) is 10.6. The van der Waals surface area contributed by atoms with E-state index in [-0.39, 0.29) is 12.0 Å². The maximum Gasteiger partial charge on any atom is 0.223 e. The quantitative estimate of drug-likeness (QED) is 0.766. The van der Waals surface area contributed by atoms with E-state index >= 15 is 0 Å². The Labute approximate surface area is 115 Å². The number of rotatable bonds is 7. The molecule has 0 spiro atoms. The van der Waals surface area contributed by atoms with E-state index in [0.29, 0.717) is 19.5 Å². The molecule has 0 saturated carbocycles. The fraction of sp³-hybridized carbons (Fsp3) is 0.533. The van der Waals surface area contributed by atoms with E-state index in [1.165, 1.54) is 0 Å². The van der Waals surface area contributed by atoms with Crippen LogP contribution in [0.1, 0.15) is 25.8 Å². The van der Waals surface area contributed by atoms with Crippen molar-refractivity contribution in [3.63, 3.8) is 0 Å². The zero-order valence-corrected chi connectivity index (χ0v) is 12.3. The van der Waals surface area contributed by atoms with E-state index in [1.807, 2.05) is 38.1 Å². The number of hydrogen-bond donors (Lipinski definition) is 1. The highest BCUT2D eigenvalue weighted by Crippen LogP contribution is 2.18. The highest BCUT2D eigenvalue weighted by Gasteiger charge is 2.06. The molecule has 0 unspecified atom stereocenters. The number of nitrogens with zero attached hydrogens (tertiary/aromatic N) is 1. The van der Waals surface area contributed by atoms with Crippen LogP contribution in [-0.2, 0) is 11.3 Å². The average Bonchev–Trinajstić information content (AvgIpc) is 2.35. The van der Waals surface area contributed by atoms with E-state index < -0.39 is 0 Å². The highest BCUT2D eigenvalue weighted by atomic mass is 16.5. The Kier molecular flexibility index (Phi) is 6.36. The molecule has 0 saturated heterocycles. The summed E-state index contributed by atoms with van der Waals surface area (Å²) < 4.78 is 5.75. The molecule has 0 aliphatic rings. The van der Waals surface area contributed by atoms with Crippen LogP contribution in [0.3, 0.4) is 0 Å². The van der Waals surface area contributed by atoms with Gasteiger partial charge in [0.05, 0.1) is 6.10 Å². The molecule has 0 aliphatic heterocycles. The molecular weight excluding hydrogens is 240 g/mol.